The van der Waals surface area contributed by atoms with Crippen molar-refractivity contribution >= 4 is 5.69 Å². The molecule has 3 nitrogen and oxygen atoms in total. The minimum atomic E-state index is -0.514. The maximum Gasteiger partial charge on any atom is 0.149 e. The van der Waals surface area contributed by atoms with Crippen molar-refractivity contribution in [1.82, 2.24) is 0 Å². The Labute approximate surface area is 106 Å². The topological polar surface area (TPSA) is 38.5 Å². The maximum atomic E-state index is 14.0. The molecule has 0 radical (unpaired) electrons. The number of rotatable bonds is 3. The first kappa shape index (κ1) is 13.2. The van der Waals surface area contributed by atoms with Crippen molar-refractivity contribution in [3.63, 3.8) is 0 Å². The molecule has 1 saturated heterocycles. The summed E-state index contributed by atoms with van der Waals surface area (Å²) < 4.78 is 33.3. The van der Waals surface area contributed by atoms with Crippen LogP contribution in [0.15, 0.2) is 12.1 Å². The van der Waals surface area contributed by atoms with Crippen LogP contribution < -0.4 is 10.6 Å². The molecule has 5 heteroatoms. The predicted octanol–water partition coefficient (Wildman–Crippen LogP) is 1.69. The molecule has 1 aromatic carbocycles. The van der Waals surface area contributed by atoms with Crippen molar-refractivity contribution in [1.29, 1.82) is 0 Å². The van der Waals surface area contributed by atoms with E-state index in [-0.39, 0.29) is 5.69 Å². The highest BCUT2D eigenvalue weighted by atomic mass is 19.1. The molecule has 0 saturated carbocycles. The van der Waals surface area contributed by atoms with Crippen LogP contribution in [0.5, 0.6) is 0 Å². The molecule has 0 bridgehead atoms. The van der Waals surface area contributed by atoms with E-state index in [9.17, 15) is 8.78 Å². The van der Waals surface area contributed by atoms with Gasteiger partial charge in [-0.25, -0.2) is 8.78 Å². The molecule has 0 atom stereocenters. The first-order chi connectivity index (χ1) is 8.72. The average molecular weight is 256 g/mol. The van der Waals surface area contributed by atoms with Crippen molar-refractivity contribution in [3.8, 4) is 0 Å². The molecule has 18 heavy (non-hydrogen) atoms. The second-order valence-corrected chi connectivity index (χ2v) is 4.40. The number of ether oxygens (including phenoxy) is 1. The molecule has 2 N–H and O–H groups in total. The average Bonchev–Trinajstić information content (AvgIpc) is 2.57. The molecular weight excluding hydrogens is 238 g/mol. The van der Waals surface area contributed by atoms with Crippen LogP contribution in [0.4, 0.5) is 14.5 Å². The van der Waals surface area contributed by atoms with Gasteiger partial charge in [-0.15, -0.1) is 0 Å². The van der Waals surface area contributed by atoms with Gasteiger partial charge in [0.15, 0.2) is 0 Å². The largest absolute Gasteiger partial charge is 0.380 e. The van der Waals surface area contributed by atoms with Gasteiger partial charge in [0.1, 0.15) is 17.3 Å². The van der Waals surface area contributed by atoms with Crippen molar-refractivity contribution in [2.75, 3.05) is 37.7 Å². The summed E-state index contributed by atoms with van der Waals surface area (Å²) in [6, 6.07) is 2.74. The van der Waals surface area contributed by atoms with E-state index >= 15 is 0 Å². The van der Waals surface area contributed by atoms with E-state index in [4.69, 9.17) is 10.5 Å². The fourth-order valence-electron chi connectivity index (χ4n) is 2.20. The smallest absolute Gasteiger partial charge is 0.149 e. The van der Waals surface area contributed by atoms with Crippen LogP contribution in [0, 0.1) is 11.6 Å². The van der Waals surface area contributed by atoms with Gasteiger partial charge in [-0.05, 0) is 37.1 Å². The van der Waals surface area contributed by atoms with Gasteiger partial charge in [-0.2, -0.15) is 0 Å². The van der Waals surface area contributed by atoms with E-state index in [1.54, 1.807) is 4.90 Å². The third-order valence-electron chi connectivity index (χ3n) is 3.05. The zero-order valence-corrected chi connectivity index (χ0v) is 10.3. The lowest BCUT2D eigenvalue weighted by atomic mass is 10.1. The van der Waals surface area contributed by atoms with Crippen LogP contribution in [-0.2, 0) is 11.2 Å². The number of hydrogen-bond donors (Lipinski definition) is 1. The number of nitrogens with two attached hydrogens (primary N) is 1. The first-order valence-electron chi connectivity index (χ1n) is 6.23. The molecule has 0 unspecified atom stereocenters. The van der Waals surface area contributed by atoms with E-state index in [1.807, 2.05) is 0 Å². The van der Waals surface area contributed by atoms with Gasteiger partial charge in [-0.1, -0.05) is 0 Å². The molecule has 1 aromatic rings. The van der Waals surface area contributed by atoms with Crippen LogP contribution in [0.2, 0.25) is 0 Å². The lowest BCUT2D eigenvalue weighted by Gasteiger charge is -2.23. The number of hydrogen-bond acceptors (Lipinski definition) is 3. The van der Waals surface area contributed by atoms with Crippen LogP contribution in [0.3, 0.4) is 0 Å². The van der Waals surface area contributed by atoms with Crippen molar-refractivity contribution in [3.05, 3.63) is 29.3 Å². The predicted molar refractivity (Wildman–Crippen MR) is 66.8 cm³/mol. The van der Waals surface area contributed by atoms with Gasteiger partial charge < -0.3 is 15.4 Å². The van der Waals surface area contributed by atoms with Crippen LogP contribution in [0.25, 0.3) is 0 Å². The van der Waals surface area contributed by atoms with Crippen LogP contribution >= 0.6 is 0 Å². The Hall–Kier alpha value is -1.20. The third-order valence-corrected chi connectivity index (χ3v) is 3.05. The Bertz CT molecular complexity index is 381. The van der Waals surface area contributed by atoms with Gasteiger partial charge >= 0.3 is 0 Å². The Morgan fingerprint density at radius 3 is 2.56 bits per heavy atom. The standard InChI is InChI=1S/C13H18F2N2O/c14-11-8-10(2-3-16)9-12(15)13(11)17-4-1-6-18-7-5-17/h8-9H,1-7,16H2. The number of anilines is 1. The summed E-state index contributed by atoms with van der Waals surface area (Å²) in [5, 5.41) is 0. The molecule has 1 heterocycles. The minimum Gasteiger partial charge on any atom is -0.380 e. The van der Waals surface area contributed by atoms with Gasteiger partial charge in [0, 0.05) is 19.7 Å². The van der Waals surface area contributed by atoms with E-state index < -0.39 is 11.6 Å². The molecule has 0 aliphatic carbocycles. The normalized spacial score (nSPS) is 16.7. The van der Waals surface area contributed by atoms with Crippen LogP contribution in [0.1, 0.15) is 12.0 Å². The Kier molecular flexibility index (Phi) is 4.49. The molecule has 0 amide bonds. The molecule has 0 aromatic heterocycles. The van der Waals surface area contributed by atoms with E-state index in [1.165, 1.54) is 12.1 Å². The van der Waals surface area contributed by atoms with Crippen LogP contribution in [-0.4, -0.2) is 32.8 Å². The lowest BCUT2D eigenvalue weighted by molar-refractivity contribution is 0.152. The number of benzene rings is 1. The zero-order chi connectivity index (χ0) is 13.0. The summed E-state index contributed by atoms with van der Waals surface area (Å²) in [4.78, 5) is 1.71. The fourth-order valence-corrected chi connectivity index (χ4v) is 2.20. The van der Waals surface area contributed by atoms with Crippen molar-refractivity contribution < 1.29 is 13.5 Å². The quantitative estimate of drug-likeness (QED) is 0.894. The van der Waals surface area contributed by atoms with Gasteiger partial charge in [0.25, 0.3) is 0 Å². The second kappa shape index (κ2) is 6.11. The van der Waals surface area contributed by atoms with Gasteiger partial charge in [0.2, 0.25) is 0 Å². The zero-order valence-electron chi connectivity index (χ0n) is 10.3. The summed E-state index contributed by atoms with van der Waals surface area (Å²) in [5.41, 5.74) is 6.05. The SMILES string of the molecule is NCCc1cc(F)c(N2CCCOCC2)c(F)c1. The van der Waals surface area contributed by atoms with Gasteiger partial charge in [0.05, 0.1) is 6.61 Å². The summed E-state index contributed by atoms with van der Waals surface area (Å²) in [6.45, 7) is 2.67. The molecule has 1 aliphatic rings. The molecule has 1 fully saturated rings. The lowest BCUT2D eigenvalue weighted by Crippen LogP contribution is -2.28. The highest BCUT2D eigenvalue weighted by Gasteiger charge is 2.19. The summed E-state index contributed by atoms with van der Waals surface area (Å²) >= 11 is 0. The molecule has 1 aliphatic heterocycles. The molecular formula is C13H18F2N2O. The summed E-state index contributed by atoms with van der Waals surface area (Å²) in [5.74, 6) is -1.03. The third kappa shape index (κ3) is 2.97. The van der Waals surface area contributed by atoms with Crippen molar-refractivity contribution in [2.45, 2.75) is 12.8 Å². The summed E-state index contributed by atoms with van der Waals surface area (Å²) in [6.07, 6.45) is 1.26. The highest BCUT2D eigenvalue weighted by Crippen LogP contribution is 2.26. The first-order valence-corrected chi connectivity index (χ1v) is 6.23. The second-order valence-electron chi connectivity index (χ2n) is 4.40. The number of nitrogens with zero attached hydrogens (tertiary/aromatic N) is 1. The van der Waals surface area contributed by atoms with Crippen molar-refractivity contribution in [2.24, 2.45) is 5.73 Å². The van der Waals surface area contributed by atoms with E-state index in [2.05, 4.69) is 0 Å². The molecule has 0 spiro atoms. The Balaban J connectivity index is 2.26. The Morgan fingerprint density at radius 2 is 1.89 bits per heavy atom. The minimum absolute atomic E-state index is 0.0567. The maximum absolute atomic E-state index is 14.0. The Morgan fingerprint density at radius 1 is 1.17 bits per heavy atom. The molecule has 2 rings (SSSR count). The summed E-state index contributed by atoms with van der Waals surface area (Å²) in [7, 11) is 0. The fraction of sp³-hybridized carbons (Fsp3) is 0.538. The number of halogens is 2. The van der Waals surface area contributed by atoms with E-state index in [0.29, 0.717) is 44.8 Å². The van der Waals surface area contributed by atoms with Gasteiger partial charge in [-0.3, -0.25) is 0 Å². The monoisotopic (exact) mass is 256 g/mol. The molecule has 100 valence electrons. The van der Waals surface area contributed by atoms with E-state index in [0.717, 1.165) is 6.42 Å². The highest BCUT2D eigenvalue weighted by molar-refractivity contribution is 5.51.